The van der Waals surface area contributed by atoms with Crippen LogP contribution in [0.1, 0.15) is 17.3 Å². The Morgan fingerprint density at radius 3 is 2.33 bits per heavy atom. The predicted octanol–water partition coefficient (Wildman–Crippen LogP) is 0.705. The second-order valence-electron chi connectivity index (χ2n) is 2.49. The lowest BCUT2D eigenvalue weighted by atomic mass is 10.3. The molecule has 0 fully saturated rings. The van der Waals surface area contributed by atoms with Gasteiger partial charge in [-0.25, -0.2) is 0 Å². The molecule has 1 aromatic heterocycles. The van der Waals surface area contributed by atoms with Gasteiger partial charge in [0.05, 0.1) is 20.8 Å². The van der Waals surface area contributed by atoms with Crippen molar-refractivity contribution < 1.29 is 19.0 Å². The summed E-state index contributed by atoms with van der Waals surface area (Å²) < 4.78 is 14.9. The second kappa shape index (κ2) is 5.14. The minimum atomic E-state index is 0.0981. The number of aldehydes is 1. The molecule has 1 rings (SSSR count). The molecule has 1 heterocycles. The number of hydrogen-bond donors (Lipinski definition) is 0. The van der Waals surface area contributed by atoms with Crippen LogP contribution in [0.25, 0.3) is 0 Å². The number of carbonyl (C=O) groups excluding carboxylic acids is 1. The first-order valence-corrected chi connectivity index (χ1v) is 4.34. The quantitative estimate of drug-likeness (QED) is 0.669. The monoisotopic (exact) mass is 212 g/mol. The molecule has 0 aliphatic heterocycles. The van der Waals surface area contributed by atoms with E-state index in [9.17, 15) is 4.79 Å². The van der Waals surface area contributed by atoms with Gasteiger partial charge in [0.15, 0.2) is 6.29 Å². The lowest BCUT2D eigenvalue weighted by molar-refractivity contribution is 0.111. The van der Waals surface area contributed by atoms with E-state index in [-0.39, 0.29) is 23.3 Å². The van der Waals surface area contributed by atoms with Crippen molar-refractivity contribution in [2.45, 2.75) is 6.92 Å². The van der Waals surface area contributed by atoms with Crippen LogP contribution in [-0.2, 0) is 0 Å². The molecule has 6 nitrogen and oxygen atoms in total. The summed E-state index contributed by atoms with van der Waals surface area (Å²) in [7, 11) is 2.83. The van der Waals surface area contributed by atoms with Crippen LogP contribution in [0.4, 0.5) is 0 Å². The normalized spacial score (nSPS) is 9.53. The molecule has 0 aliphatic carbocycles. The first kappa shape index (κ1) is 11.2. The Labute approximate surface area is 87.2 Å². The van der Waals surface area contributed by atoms with Gasteiger partial charge in [-0.15, -0.1) is 0 Å². The lowest BCUT2D eigenvalue weighted by Crippen LogP contribution is -2.05. The zero-order chi connectivity index (χ0) is 11.3. The maximum absolute atomic E-state index is 10.8. The Morgan fingerprint density at radius 2 is 1.87 bits per heavy atom. The number of aromatic nitrogens is 2. The molecule has 0 radical (unpaired) electrons. The van der Waals surface area contributed by atoms with Crippen molar-refractivity contribution in [2.24, 2.45) is 0 Å². The first-order chi connectivity index (χ1) is 7.26. The molecule has 0 bridgehead atoms. The van der Waals surface area contributed by atoms with Gasteiger partial charge in [-0.1, -0.05) is 0 Å². The molecule has 0 saturated carbocycles. The summed E-state index contributed by atoms with van der Waals surface area (Å²) in [5, 5.41) is 0. The smallest absolute Gasteiger partial charge is 0.322 e. The summed E-state index contributed by atoms with van der Waals surface area (Å²) >= 11 is 0. The highest BCUT2D eigenvalue weighted by atomic mass is 16.5. The predicted molar refractivity (Wildman–Crippen MR) is 51.7 cm³/mol. The highest BCUT2D eigenvalue weighted by Gasteiger charge is 2.15. The Kier molecular flexibility index (Phi) is 3.84. The van der Waals surface area contributed by atoms with Crippen LogP contribution in [0, 0.1) is 0 Å². The third kappa shape index (κ3) is 2.34. The summed E-state index contributed by atoms with van der Waals surface area (Å²) in [5.41, 5.74) is 0.181. The van der Waals surface area contributed by atoms with Gasteiger partial charge in [0, 0.05) is 0 Å². The summed E-state index contributed by atoms with van der Waals surface area (Å²) in [5.74, 6) is 0.302. The van der Waals surface area contributed by atoms with Crippen LogP contribution in [0.2, 0.25) is 0 Å². The summed E-state index contributed by atoms with van der Waals surface area (Å²) in [6.45, 7) is 2.18. The van der Waals surface area contributed by atoms with Crippen molar-refractivity contribution in [3.05, 3.63) is 5.56 Å². The molecule has 0 N–H and O–H groups in total. The third-order valence-electron chi connectivity index (χ3n) is 1.63. The first-order valence-electron chi connectivity index (χ1n) is 4.34. The van der Waals surface area contributed by atoms with Gasteiger partial charge in [0.1, 0.15) is 5.56 Å². The topological polar surface area (TPSA) is 70.5 Å². The van der Waals surface area contributed by atoms with Crippen molar-refractivity contribution in [2.75, 3.05) is 20.8 Å². The van der Waals surface area contributed by atoms with Gasteiger partial charge in [-0.05, 0) is 6.92 Å². The van der Waals surface area contributed by atoms with Gasteiger partial charge in [0.25, 0.3) is 0 Å². The molecule has 0 unspecified atom stereocenters. The summed E-state index contributed by atoms with van der Waals surface area (Å²) in [6, 6.07) is 0.0981. The minimum absolute atomic E-state index is 0.0981. The molecule has 0 amide bonds. The number of methoxy groups -OCH3 is 2. The number of hydrogen-bond acceptors (Lipinski definition) is 6. The van der Waals surface area contributed by atoms with Gasteiger partial charge in [-0.3, -0.25) is 4.79 Å². The fourth-order valence-corrected chi connectivity index (χ4v) is 1.01. The van der Waals surface area contributed by atoms with E-state index in [4.69, 9.17) is 14.2 Å². The van der Waals surface area contributed by atoms with Crippen LogP contribution < -0.4 is 14.2 Å². The highest BCUT2D eigenvalue weighted by Crippen LogP contribution is 2.25. The molecule has 0 spiro atoms. The van der Waals surface area contributed by atoms with Crippen LogP contribution in [0.5, 0.6) is 17.8 Å². The Hall–Kier alpha value is -1.85. The maximum Gasteiger partial charge on any atom is 0.322 e. The number of ether oxygens (including phenoxy) is 3. The van der Waals surface area contributed by atoms with E-state index in [2.05, 4.69) is 9.97 Å². The average Bonchev–Trinajstić information content (AvgIpc) is 2.28. The standard InChI is InChI=1S/C9H12N2O4/c1-4-15-8-6(5-12)7(13-2)10-9(11-8)14-3/h5H,4H2,1-3H3. The molecule has 0 saturated heterocycles. The molecule has 82 valence electrons. The van der Waals surface area contributed by atoms with E-state index in [0.717, 1.165) is 0 Å². The lowest BCUT2D eigenvalue weighted by Gasteiger charge is -2.09. The van der Waals surface area contributed by atoms with E-state index in [1.807, 2.05) is 0 Å². The van der Waals surface area contributed by atoms with Crippen molar-refractivity contribution in [1.29, 1.82) is 0 Å². The molecule has 0 atom stereocenters. The molecule has 0 aromatic carbocycles. The van der Waals surface area contributed by atoms with E-state index in [1.54, 1.807) is 6.92 Å². The van der Waals surface area contributed by atoms with Crippen molar-refractivity contribution in [3.8, 4) is 17.8 Å². The molecular weight excluding hydrogens is 200 g/mol. The van der Waals surface area contributed by atoms with E-state index >= 15 is 0 Å². The Bertz CT molecular complexity index is 354. The van der Waals surface area contributed by atoms with Crippen LogP contribution in [0.3, 0.4) is 0 Å². The molecule has 0 aliphatic rings. The highest BCUT2D eigenvalue weighted by molar-refractivity contribution is 5.81. The maximum atomic E-state index is 10.8. The van der Waals surface area contributed by atoms with Crippen molar-refractivity contribution >= 4 is 6.29 Å². The molecule has 15 heavy (non-hydrogen) atoms. The SMILES string of the molecule is CCOc1nc(OC)nc(OC)c1C=O. The summed E-state index contributed by atoms with van der Waals surface area (Å²) in [4.78, 5) is 18.6. The van der Waals surface area contributed by atoms with Crippen LogP contribution in [-0.4, -0.2) is 37.1 Å². The number of carbonyl (C=O) groups is 1. The van der Waals surface area contributed by atoms with E-state index < -0.39 is 0 Å². The fourth-order valence-electron chi connectivity index (χ4n) is 1.01. The second-order valence-corrected chi connectivity index (χ2v) is 2.49. The number of rotatable bonds is 5. The molecule has 6 heteroatoms. The largest absolute Gasteiger partial charge is 0.480 e. The van der Waals surface area contributed by atoms with Crippen molar-refractivity contribution in [1.82, 2.24) is 9.97 Å². The molecular formula is C9H12N2O4. The van der Waals surface area contributed by atoms with E-state index in [1.165, 1.54) is 14.2 Å². The van der Waals surface area contributed by atoms with E-state index in [0.29, 0.717) is 12.9 Å². The Morgan fingerprint density at radius 1 is 1.20 bits per heavy atom. The minimum Gasteiger partial charge on any atom is -0.480 e. The van der Waals surface area contributed by atoms with Gasteiger partial charge >= 0.3 is 6.01 Å². The third-order valence-corrected chi connectivity index (χ3v) is 1.63. The zero-order valence-electron chi connectivity index (χ0n) is 8.81. The van der Waals surface area contributed by atoms with Gasteiger partial charge < -0.3 is 14.2 Å². The van der Waals surface area contributed by atoms with Gasteiger partial charge in [0.2, 0.25) is 11.8 Å². The average molecular weight is 212 g/mol. The molecule has 1 aromatic rings. The zero-order valence-corrected chi connectivity index (χ0v) is 8.81. The van der Waals surface area contributed by atoms with Crippen molar-refractivity contribution in [3.63, 3.8) is 0 Å². The number of nitrogens with zero attached hydrogens (tertiary/aromatic N) is 2. The van der Waals surface area contributed by atoms with Crippen LogP contribution >= 0.6 is 0 Å². The Balaban J connectivity index is 3.25. The van der Waals surface area contributed by atoms with Crippen LogP contribution in [0.15, 0.2) is 0 Å². The fraction of sp³-hybridized carbons (Fsp3) is 0.444. The van der Waals surface area contributed by atoms with Gasteiger partial charge in [-0.2, -0.15) is 9.97 Å². The summed E-state index contributed by atoms with van der Waals surface area (Å²) in [6.07, 6.45) is 0.587.